The van der Waals surface area contributed by atoms with E-state index in [1.165, 1.54) is 0 Å². The molecule has 1 aliphatic rings. The van der Waals surface area contributed by atoms with E-state index in [1.807, 2.05) is 51.6 Å². The molecule has 2 aromatic rings. The topological polar surface area (TPSA) is 38.8 Å². The number of likely N-dealkylation sites (tertiary alicyclic amines) is 1. The van der Waals surface area contributed by atoms with Crippen molar-refractivity contribution in [2.75, 3.05) is 6.54 Å². The lowest BCUT2D eigenvalue weighted by molar-refractivity contribution is 0.0310. The highest BCUT2D eigenvalue weighted by Gasteiger charge is 2.31. The molecule has 121 valence electrons. The van der Waals surface area contributed by atoms with Crippen molar-refractivity contribution in [1.82, 2.24) is 4.90 Å². The Morgan fingerprint density at radius 1 is 1.13 bits per heavy atom. The van der Waals surface area contributed by atoms with Gasteiger partial charge in [0.15, 0.2) is 0 Å². The summed E-state index contributed by atoms with van der Waals surface area (Å²) in [6.07, 6.45) is 0.331. The molecule has 1 unspecified atom stereocenters. The molecular weight excluding hydrogens is 290 g/mol. The number of carbonyl (C=O) groups is 1. The van der Waals surface area contributed by atoms with E-state index in [1.54, 1.807) is 4.90 Å². The average Bonchev–Trinajstić information content (AvgIpc) is 2.95. The van der Waals surface area contributed by atoms with Crippen molar-refractivity contribution in [3.05, 3.63) is 49.0 Å². The number of carbonyl (C=O) groups excluding carboxylic acids is 1. The Morgan fingerprint density at radius 2 is 1.87 bits per heavy atom. The van der Waals surface area contributed by atoms with Gasteiger partial charge in [-0.1, -0.05) is 36.4 Å². The van der Waals surface area contributed by atoms with Crippen molar-refractivity contribution in [2.45, 2.75) is 38.9 Å². The molecule has 0 aromatic heterocycles. The molecule has 0 bridgehead atoms. The molecule has 0 N–H and O–H groups in total. The number of benzene rings is 2. The molecule has 1 amide bonds. The molecule has 4 heteroatoms. The average molecular weight is 312 g/mol. The summed E-state index contributed by atoms with van der Waals surface area (Å²) in [7, 11) is 0. The number of hydrogen-bond donors (Lipinski definition) is 0. The quantitative estimate of drug-likeness (QED) is 0.825. The zero-order valence-electron chi connectivity index (χ0n) is 13.8. The van der Waals surface area contributed by atoms with Crippen LogP contribution in [0.1, 0.15) is 27.2 Å². The monoisotopic (exact) mass is 312 g/mol. The Morgan fingerprint density at radius 3 is 2.65 bits per heavy atom. The van der Waals surface area contributed by atoms with Crippen LogP contribution in [0.15, 0.2) is 42.5 Å². The minimum atomic E-state index is -0.487. The van der Waals surface area contributed by atoms with Crippen LogP contribution in [0.25, 0.3) is 10.8 Å². The minimum Gasteiger partial charge on any atom is -0.488 e. The van der Waals surface area contributed by atoms with Crippen LogP contribution >= 0.6 is 0 Å². The van der Waals surface area contributed by atoms with Gasteiger partial charge in [-0.25, -0.2) is 4.79 Å². The van der Waals surface area contributed by atoms with E-state index in [4.69, 9.17) is 9.47 Å². The van der Waals surface area contributed by atoms with E-state index in [-0.39, 0.29) is 12.2 Å². The highest BCUT2D eigenvalue weighted by molar-refractivity contribution is 5.88. The molecule has 1 atom stereocenters. The van der Waals surface area contributed by atoms with Gasteiger partial charge >= 0.3 is 6.09 Å². The third-order valence-electron chi connectivity index (χ3n) is 3.66. The van der Waals surface area contributed by atoms with E-state index < -0.39 is 5.60 Å². The number of rotatable bonds is 2. The Hall–Kier alpha value is -2.23. The van der Waals surface area contributed by atoms with Gasteiger partial charge in [-0.3, -0.25) is 4.90 Å². The van der Waals surface area contributed by atoms with Gasteiger partial charge in [-0.2, -0.15) is 0 Å². The smallest absolute Gasteiger partial charge is 0.410 e. The Balaban J connectivity index is 1.67. The first kappa shape index (κ1) is 15.7. The van der Waals surface area contributed by atoms with E-state index in [0.29, 0.717) is 13.0 Å². The summed E-state index contributed by atoms with van der Waals surface area (Å²) >= 11 is 0. The lowest BCUT2D eigenvalue weighted by Crippen LogP contribution is -2.35. The molecule has 1 saturated heterocycles. The van der Waals surface area contributed by atoms with Gasteiger partial charge in [0, 0.05) is 11.8 Å². The van der Waals surface area contributed by atoms with Crippen molar-refractivity contribution >= 4 is 16.9 Å². The molecule has 1 aliphatic heterocycles. The largest absolute Gasteiger partial charge is 0.488 e. The number of fused-ring (bicyclic) bond motifs is 1. The normalized spacial score (nSPS) is 18.2. The summed E-state index contributed by atoms with van der Waals surface area (Å²) in [6, 6.07) is 14.2. The fourth-order valence-corrected chi connectivity index (χ4v) is 2.65. The molecule has 0 spiro atoms. The van der Waals surface area contributed by atoms with E-state index in [2.05, 4.69) is 18.2 Å². The highest BCUT2D eigenvalue weighted by Crippen LogP contribution is 2.29. The molecule has 3 rings (SSSR count). The van der Waals surface area contributed by atoms with Crippen LogP contribution in [0.5, 0.6) is 5.75 Å². The van der Waals surface area contributed by atoms with Crippen molar-refractivity contribution in [1.29, 1.82) is 0 Å². The molecule has 4 nitrogen and oxygen atoms in total. The summed E-state index contributed by atoms with van der Waals surface area (Å²) in [5.74, 6) is 0.854. The predicted molar refractivity (Wildman–Crippen MR) is 90.2 cm³/mol. The van der Waals surface area contributed by atoms with Crippen molar-refractivity contribution in [2.24, 2.45) is 0 Å². The molecule has 0 saturated carbocycles. The summed E-state index contributed by atoms with van der Waals surface area (Å²) in [4.78, 5) is 13.7. The van der Waals surface area contributed by atoms with Gasteiger partial charge in [-0.15, -0.1) is 0 Å². The van der Waals surface area contributed by atoms with Gasteiger partial charge < -0.3 is 9.47 Å². The third kappa shape index (κ3) is 3.76. The molecule has 1 heterocycles. The second-order valence-electron chi connectivity index (χ2n) is 6.77. The van der Waals surface area contributed by atoms with Crippen LogP contribution in [0, 0.1) is 6.54 Å². The molecule has 0 aliphatic carbocycles. The van der Waals surface area contributed by atoms with Gasteiger partial charge in [0.1, 0.15) is 17.5 Å². The van der Waals surface area contributed by atoms with Gasteiger partial charge in [0.05, 0.1) is 13.1 Å². The number of hydrogen-bond acceptors (Lipinski definition) is 3. The Bertz CT molecular complexity index is 700. The standard InChI is InChI=1S/C19H22NO3/c1-19(2,3)23-18(21)20-12-11-15(13-20)22-17-10-6-8-14-7-4-5-9-16(14)17/h4-10,12,15H,11,13H2,1-3H3. The highest BCUT2D eigenvalue weighted by atomic mass is 16.6. The number of nitrogens with zero attached hydrogens (tertiary/aromatic N) is 1. The Kier molecular flexibility index (Phi) is 4.16. The molecule has 23 heavy (non-hydrogen) atoms. The van der Waals surface area contributed by atoms with Crippen LogP contribution in [-0.4, -0.2) is 29.2 Å². The molecule has 1 fully saturated rings. The van der Waals surface area contributed by atoms with Crippen molar-refractivity contribution in [3.63, 3.8) is 0 Å². The molecule has 2 aromatic carbocycles. The SMILES string of the molecule is CC(C)(C)OC(=O)N1[CH]CC(Oc2cccc3ccccc23)C1. The maximum absolute atomic E-state index is 12.1. The maximum Gasteiger partial charge on any atom is 0.410 e. The lowest BCUT2D eigenvalue weighted by Gasteiger charge is -2.24. The fourth-order valence-electron chi connectivity index (χ4n) is 2.65. The van der Waals surface area contributed by atoms with E-state index >= 15 is 0 Å². The first-order chi connectivity index (χ1) is 10.9. The zero-order chi connectivity index (χ0) is 16.4. The molecular formula is C19H22NO3. The minimum absolute atomic E-state index is 0.0478. The first-order valence-corrected chi connectivity index (χ1v) is 7.90. The fraction of sp³-hybridized carbons (Fsp3) is 0.368. The van der Waals surface area contributed by atoms with Gasteiger partial charge in [-0.05, 0) is 32.2 Å². The van der Waals surface area contributed by atoms with Crippen LogP contribution in [0.2, 0.25) is 0 Å². The lowest BCUT2D eigenvalue weighted by atomic mass is 10.1. The predicted octanol–water partition coefficient (Wildman–Crippen LogP) is 4.39. The Labute approximate surface area is 137 Å². The van der Waals surface area contributed by atoms with Crippen molar-refractivity contribution < 1.29 is 14.3 Å². The van der Waals surface area contributed by atoms with Crippen LogP contribution in [0.3, 0.4) is 0 Å². The second kappa shape index (κ2) is 6.11. The summed E-state index contributed by atoms with van der Waals surface area (Å²) in [6.45, 7) is 7.96. The number of ether oxygens (including phenoxy) is 2. The van der Waals surface area contributed by atoms with E-state index in [0.717, 1.165) is 16.5 Å². The van der Waals surface area contributed by atoms with Crippen LogP contribution in [0.4, 0.5) is 4.79 Å². The van der Waals surface area contributed by atoms with E-state index in [9.17, 15) is 4.79 Å². The summed E-state index contributed by atoms with van der Waals surface area (Å²) in [5.41, 5.74) is -0.487. The summed E-state index contributed by atoms with van der Waals surface area (Å²) < 4.78 is 11.5. The van der Waals surface area contributed by atoms with Crippen molar-refractivity contribution in [3.8, 4) is 5.75 Å². The number of amides is 1. The molecule has 1 radical (unpaired) electrons. The van der Waals surface area contributed by atoms with Gasteiger partial charge in [0.25, 0.3) is 0 Å². The maximum atomic E-state index is 12.1. The zero-order valence-corrected chi connectivity index (χ0v) is 13.8. The van der Waals surface area contributed by atoms with Gasteiger partial charge in [0.2, 0.25) is 0 Å². The first-order valence-electron chi connectivity index (χ1n) is 7.90. The third-order valence-corrected chi connectivity index (χ3v) is 3.66. The second-order valence-corrected chi connectivity index (χ2v) is 6.77. The summed E-state index contributed by atoms with van der Waals surface area (Å²) in [5, 5.41) is 2.24. The van der Waals surface area contributed by atoms with Crippen LogP contribution in [-0.2, 0) is 4.74 Å². The van der Waals surface area contributed by atoms with Crippen LogP contribution < -0.4 is 4.74 Å².